The molecule has 1 unspecified atom stereocenters. The molecule has 7 heteroatoms. The van der Waals surface area contributed by atoms with Gasteiger partial charge in [-0.2, -0.15) is 0 Å². The monoisotopic (exact) mass is 383 g/mol. The van der Waals surface area contributed by atoms with Crippen LogP contribution in [0.4, 0.5) is 0 Å². The number of carbonyl (C=O) groups is 2. The number of carbonyl (C=O) groups excluding carboxylic acids is 2. The summed E-state index contributed by atoms with van der Waals surface area (Å²) in [5.41, 5.74) is 5.15. The van der Waals surface area contributed by atoms with Crippen LogP contribution in [0.3, 0.4) is 0 Å². The van der Waals surface area contributed by atoms with Crippen LogP contribution in [-0.4, -0.2) is 55.3 Å². The Morgan fingerprint density at radius 3 is 2.52 bits per heavy atom. The molecule has 1 atom stereocenters. The van der Waals surface area contributed by atoms with Crippen molar-refractivity contribution in [2.75, 3.05) is 26.8 Å². The van der Waals surface area contributed by atoms with E-state index in [2.05, 4.69) is 5.32 Å². The van der Waals surface area contributed by atoms with E-state index >= 15 is 0 Å². The maximum Gasteiger partial charge on any atom is 0.252 e. The van der Waals surface area contributed by atoms with Crippen LogP contribution in [0.1, 0.15) is 60.3 Å². The summed E-state index contributed by atoms with van der Waals surface area (Å²) in [6.07, 6.45) is 5.00. The van der Waals surface area contributed by atoms with Crippen molar-refractivity contribution in [1.29, 1.82) is 0 Å². The van der Waals surface area contributed by atoms with Crippen molar-refractivity contribution in [2.45, 2.75) is 72.1 Å². The van der Waals surface area contributed by atoms with Crippen molar-refractivity contribution in [3.63, 3.8) is 0 Å². The molecule has 1 aliphatic heterocycles. The second kappa shape index (κ2) is 10.2. The highest BCUT2D eigenvalue weighted by Crippen LogP contribution is 2.25. The first-order valence-electron chi connectivity index (χ1n) is 9.78. The summed E-state index contributed by atoms with van der Waals surface area (Å²) in [6.45, 7) is 11.2. The Bertz CT molecular complexity index is 537. The minimum Gasteiger partial charge on any atom is -0.401 e. The van der Waals surface area contributed by atoms with Crippen LogP contribution in [0.25, 0.3) is 0 Å². The predicted octanol–water partition coefficient (Wildman–Crippen LogP) is 2.16. The fraction of sp³-hybridized carbons (Fsp3) is 0.800. The molecule has 1 fully saturated rings. The average Bonchev–Trinajstić information content (AvgIpc) is 2.60. The molecule has 1 rings (SSSR count). The highest BCUT2D eigenvalue weighted by Gasteiger charge is 2.33. The molecule has 1 heterocycles. The van der Waals surface area contributed by atoms with Crippen LogP contribution in [0.2, 0.25) is 0 Å². The van der Waals surface area contributed by atoms with Gasteiger partial charge in [0, 0.05) is 23.8 Å². The van der Waals surface area contributed by atoms with Gasteiger partial charge in [-0.1, -0.05) is 20.8 Å². The SMILES string of the molecule is CCCN(C)C(C)(C)C(=O)NC(=O)C=C(N)C(C)(C)COC1CCCCO1. The Morgan fingerprint density at radius 1 is 1.30 bits per heavy atom. The number of ether oxygens (including phenoxy) is 2. The van der Waals surface area contributed by atoms with Crippen molar-refractivity contribution in [1.82, 2.24) is 10.2 Å². The molecule has 1 aliphatic rings. The lowest BCUT2D eigenvalue weighted by molar-refractivity contribution is -0.173. The van der Waals surface area contributed by atoms with Gasteiger partial charge in [0.05, 0.1) is 12.1 Å². The third-order valence-corrected chi connectivity index (χ3v) is 5.14. The first kappa shape index (κ1) is 23.6. The summed E-state index contributed by atoms with van der Waals surface area (Å²) in [7, 11) is 1.87. The quantitative estimate of drug-likeness (QED) is 0.593. The van der Waals surface area contributed by atoms with E-state index in [4.69, 9.17) is 15.2 Å². The van der Waals surface area contributed by atoms with E-state index in [0.29, 0.717) is 18.9 Å². The first-order chi connectivity index (χ1) is 12.5. The molecule has 1 saturated heterocycles. The Kier molecular flexibility index (Phi) is 8.91. The third kappa shape index (κ3) is 7.24. The summed E-state index contributed by atoms with van der Waals surface area (Å²) < 4.78 is 11.4. The topological polar surface area (TPSA) is 93.9 Å². The van der Waals surface area contributed by atoms with Gasteiger partial charge in [0.25, 0.3) is 5.91 Å². The van der Waals surface area contributed by atoms with Crippen LogP contribution in [0.5, 0.6) is 0 Å². The van der Waals surface area contributed by atoms with Gasteiger partial charge in [-0.25, -0.2) is 0 Å². The van der Waals surface area contributed by atoms with Crippen molar-refractivity contribution in [3.05, 3.63) is 11.8 Å². The van der Waals surface area contributed by atoms with Crippen LogP contribution in [0, 0.1) is 5.41 Å². The molecule has 27 heavy (non-hydrogen) atoms. The van der Waals surface area contributed by atoms with Crippen molar-refractivity contribution >= 4 is 11.8 Å². The van der Waals surface area contributed by atoms with Crippen molar-refractivity contribution in [3.8, 4) is 0 Å². The Labute approximate surface area is 163 Å². The molecule has 0 spiro atoms. The zero-order valence-electron chi connectivity index (χ0n) is 17.8. The molecule has 0 aliphatic carbocycles. The van der Waals surface area contributed by atoms with Gasteiger partial charge in [-0.05, 0) is 53.1 Å². The van der Waals surface area contributed by atoms with Crippen molar-refractivity contribution in [2.24, 2.45) is 11.1 Å². The van der Waals surface area contributed by atoms with Crippen LogP contribution < -0.4 is 11.1 Å². The van der Waals surface area contributed by atoms with Gasteiger partial charge in [0.15, 0.2) is 6.29 Å². The third-order valence-electron chi connectivity index (χ3n) is 5.14. The molecule has 0 aromatic carbocycles. The first-order valence-corrected chi connectivity index (χ1v) is 9.78. The highest BCUT2D eigenvalue weighted by molar-refractivity contribution is 6.04. The fourth-order valence-electron chi connectivity index (χ4n) is 2.65. The average molecular weight is 384 g/mol. The van der Waals surface area contributed by atoms with E-state index in [1.165, 1.54) is 6.08 Å². The molecule has 0 bridgehead atoms. The number of rotatable bonds is 9. The van der Waals surface area contributed by atoms with Gasteiger partial charge < -0.3 is 15.2 Å². The molecule has 0 aromatic heterocycles. The number of hydrogen-bond acceptors (Lipinski definition) is 6. The summed E-state index contributed by atoms with van der Waals surface area (Å²) in [6, 6.07) is 0. The number of amides is 2. The molecule has 156 valence electrons. The Morgan fingerprint density at radius 2 is 1.96 bits per heavy atom. The summed E-state index contributed by atoms with van der Waals surface area (Å²) >= 11 is 0. The Balaban J connectivity index is 2.62. The highest BCUT2D eigenvalue weighted by atomic mass is 16.7. The fourth-order valence-corrected chi connectivity index (χ4v) is 2.65. The normalized spacial score (nSPS) is 19.2. The molecule has 0 radical (unpaired) electrons. The number of nitrogens with one attached hydrogen (secondary N) is 1. The van der Waals surface area contributed by atoms with E-state index in [1.54, 1.807) is 13.8 Å². The smallest absolute Gasteiger partial charge is 0.252 e. The van der Waals surface area contributed by atoms with E-state index < -0.39 is 16.9 Å². The zero-order valence-corrected chi connectivity index (χ0v) is 17.8. The number of imide groups is 1. The lowest BCUT2D eigenvalue weighted by atomic mass is 9.90. The minimum absolute atomic E-state index is 0.212. The lowest BCUT2D eigenvalue weighted by Gasteiger charge is -2.33. The molecule has 7 nitrogen and oxygen atoms in total. The number of hydrogen-bond donors (Lipinski definition) is 2. The van der Waals surface area contributed by atoms with E-state index in [9.17, 15) is 9.59 Å². The van der Waals surface area contributed by atoms with E-state index in [0.717, 1.165) is 32.2 Å². The number of nitrogens with two attached hydrogens (primary N) is 1. The summed E-state index contributed by atoms with van der Waals surface area (Å²) in [4.78, 5) is 26.7. The summed E-state index contributed by atoms with van der Waals surface area (Å²) in [5, 5.41) is 2.43. The molecule has 2 amide bonds. The number of nitrogens with zero attached hydrogens (tertiary/aromatic N) is 1. The molecule has 3 N–H and O–H groups in total. The Hall–Kier alpha value is -1.44. The van der Waals surface area contributed by atoms with Crippen LogP contribution >= 0.6 is 0 Å². The predicted molar refractivity (Wildman–Crippen MR) is 106 cm³/mol. The van der Waals surface area contributed by atoms with Gasteiger partial charge in [0.2, 0.25) is 5.91 Å². The number of likely N-dealkylation sites (N-methyl/N-ethyl adjacent to an activating group) is 1. The zero-order chi connectivity index (χ0) is 20.7. The van der Waals surface area contributed by atoms with Gasteiger partial charge >= 0.3 is 0 Å². The largest absolute Gasteiger partial charge is 0.401 e. The van der Waals surface area contributed by atoms with Gasteiger partial charge in [-0.3, -0.25) is 19.8 Å². The lowest BCUT2D eigenvalue weighted by Crippen LogP contribution is -2.54. The molecule has 0 aromatic rings. The van der Waals surface area contributed by atoms with Gasteiger partial charge in [0.1, 0.15) is 0 Å². The molecular formula is C20H37N3O4. The van der Waals surface area contributed by atoms with Gasteiger partial charge in [-0.15, -0.1) is 0 Å². The second-order valence-corrected chi connectivity index (χ2v) is 8.39. The maximum absolute atomic E-state index is 12.5. The van der Waals surface area contributed by atoms with Crippen LogP contribution in [0.15, 0.2) is 11.8 Å². The second-order valence-electron chi connectivity index (χ2n) is 8.39. The van der Waals surface area contributed by atoms with Crippen molar-refractivity contribution < 1.29 is 19.1 Å². The maximum atomic E-state index is 12.5. The summed E-state index contributed by atoms with van der Waals surface area (Å²) in [5.74, 6) is -0.866. The van der Waals surface area contributed by atoms with E-state index in [-0.39, 0.29) is 12.2 Å². The molecular weight excluding hydrogens is 346 g/mol. The van der Waals surface area contributed by atoms with Crippen LogP contribution in [-0.2, 0) is 19.1 Å². The minimum atomic E-state index is -0.786. The standard InChI is InChI=1S/C20H37N3O4/c1-7-11-23(6)20(4,5)18(25)22-16(24)13-15(21)19(2,3)14-27-17-10-8-9-12-26-17/h13,17H,7-12,14,21H2,1-6H3,(H,22,24,25). The van der Waals surface area contributed by atoms with E-state index in [1.807, 2.05) is 32.7 Å². The molecule has 0 saturated carbocycles.